The van der Waals surface area contributed by atoms with Gasteiger partial charge >= 0.3 is 5.97 Å². The van der Waals surface area contributed by atoms with Crippen molar-refractivity contribution in [3.8, 4) is 0 Å². The third-order valence-corrected chi connectivity index (χ3v) is 1.79. The molecule has 0 aliphatic heterocycles. The van der Waals surface area contributed by atoms with Gasteiger partial charge in [0.2, 0.25) is 0 Å². The number of aliphatic carboxylic acids is 1. The molecule has 1 aromatic rings. The Bertz CT molecular complexity index is 297. The van der Waals surface area contributed by atoms with Gasteiger partial charge in [-0.1, -0.05) is 15.9 Å². The number of hydrogen-bond acceptors (Lipinski definition) is 2. The second kappa shape index (κ2) is 5.09. The minimum atomic E-state index is -0.854. The summed E-state index contributed by atoms with van der Waals surface area (Å²) in [6.45, 7) is 0. The quantitative estimate of drug-likeness (QED) is 0.806. The van der Waals surface area contributed by atoms with Crippen LogP contribution >= 0.6 is 28.3 Å². The van der Waals surface area contributed by atoms with Gasteiger partial charge in [-0.15, -0.1) is 12.4 Å². The van der Waals surface area contributed by atoms with E-state index in [4.69, 9.17) is 10.8 Å². The fourth-order valence-corrected chi connectivity index (χ4v) is 1.51. The molecular weight excluding hydrogens is 257 g/mol. The van der Waals surface area contributed by atoms with Crippen LogP contribution in [0.15, 0.2) is 22.7 Å². The lowest BCUT2D eigenvalue weighted by Crippen LogP contribution is -2.00. The van der Waals surface area contributed by atoms with Crippen molar-refractivity contribution in [3.63, 3.8) is 0 Å². The summed E-state index contributed by atoms with van der Waals surface area (Å²) in [5, 5.41) is 8.49. The first-order valence-electron chi connectivity index (χ1n) is 3.34. The van der Waals surface area contributed by atoms with Crippen molar-refractivity contribution < 1.29 is 9.90 Å². The summed E-state index contributed by atoms with van der Waals surface area (Å²) in [5.74, 6) is -0.854. The fraction of sp³-hybridized carbons (Fsp3) is 0.125. The van der Waals surface area contributed by atoms with Gasteiger partial charge in [0, 0.05) is 10.2 Å². The molecule has 0 unspecified atom stereocenters. The van der Waals surface area contributed by atoms with Gasteiger partial charge in [0.05, 0.1) is 6.42 Å². The van der Waals surface area contributed by atoms with Crippen LogP contribution in [0, 0.1) is 0 Å². The molecule has 0 aliphatic carbocycles. The van der Waals surface area contributed by atoms with E-state index in [1.54, 1.807) is 18.2 Å². The van der Waals surface area contributed by atoms with Gasteiger partial charge in [-0.3, -0.25) is 4.79 Å². The Morgan fingerprint density at radius 3 is 2.54 bits per heavy atom. The molecule has 0 amide bonds. The molecule has 5 heteroatoms. The number of halogens is 2. The number of carbonyl (C=O) groups is 1. The van der Waals surface area contributed by atoms with Crippen molar-refractivity contribution in [1.82, 2.24) is 0 Å². The molecular formula is C8H9BrClNO2. The highest BCUT2D eigenvalue weighted by Crippen LogP contribution is 2.17. The van der Waals surface area contributed by atoms with E-state index in [0.717, 1.165) is 4.47 Å². The van der Waals surface area contributed by atoms with Crippen LogP contribution < -0.4 is 5.73 Å². The third kappa shape index (κ3) is 4.15. The van der Waals surface area contributed by atoms with E-state index in [2.05, 4.69) is 15.9 Å². The number of benzene rings is 1. The molecule has 3 nitrogen and oxygen atoms in total. The minimum absolute atomic E-state index is 0. The molecule has 0 aromatic heterocycles. The van der Waals surface area contributed by atoms with E-state index >= 15 is 0 Å². The summed E-state index contributed by atoms with van der Waals surface area (Å²) in [4.78, 5) is 10.3. The molecule has 0 heterocycles. The van der Waals surface area contributed by atoms with Gasteiger partial charge in [0.1, 0.15) is 0 Å². The molecule has 72 valence electrons. The van der Waals surface area contributed by atoms with Crippen LogP contribution in [-0.4, -0.2) is 11.1 Å². The average Bonchev–Trinajstić information content (AvgIpc) is 1.81. The predicted octanol–water partition coefficient (Wildman–Crippen LogP) is 2.08. The normalized spacial score (nSPS) is 9.00. The molecule has 0 aliphatic rings. The van der Waals surface area contributed by atoms with Crippen LogP contribution in [0.1, 0.15) is 5.56 Å². The molecule has 3 N–H and O–H groups in total. The molecule has 0 saturated carbocycles. The van der Waals surface area contributed by atoms with Crippen LogP contribution in [0.3, 0.4) is 0 Å². The molecule has 1 rings (SSSR count). The SMILES string of the molecule is Cl.Nc1cc(Br)cc(CC(=O)O)c1. The summed E-state index contributed by atoms with van der Waals surface area (Å²) in [6, 6.07) is 5.12. The first-order chi connectivity index (χ1) is 5.58. The number of hydrogen-bond donors (Lipinski definition) is 2. The Hall–Kier alpha value is -0.740. The molecule has 0 saturated heterocycles. The molecule has 0 fully saturated rings. The van der Waals surface area contributed by atoms with E-state index in [0.29, 0.717) is 11.3 Å². The highest BCUT2D eigenvalue weighted by molar-refractivity contribution is 9.10. The monoisotopic (exact) mass is 265 g/mol. The van der Waals surface area contributed by atoms with Crippen molar-refractivity contribution in [2.45, 2.75) is 6.42 Å². The zero-order valence-electron chi connectivity index (χ0n) is 6.66. The third-order valence-electron chi connectivity index (χ3n) is 1.34. The molecule has 1 aromatic carbocycles. The number of rotatable bonds is 2. The Morgan fingerprint density at radius 2 is 2.08 bits per heavy atom. The number of carboxylic acid groups (broad SMARTS) is 1. The fourth-order valence-electron chi connectivity index (χ4n) is 0.952. The summed E-state index contributed by atoms with van der Waals surface area (Å²) in [7, 11) is 0. The minimum Gasteiger partial charge on any atom is -0.481 e. The van der Waals surface area contributed by atoms with E-state index in [1.165, 1.54) is 0 Å². The maximum Gasteiger partial charge on any atom is 0.307 e. The zero-order valence-corrected chi connectivity index (χ0v) is 9.06. The average molecular weight is 267 g/mol. The van der Waals surface area contributed by atoms with Crippen molar-refractivity contribution in [1.29, 1.82) is 0 Å². The second-order valence-corrected chi connectivity index (χ2v) is 3.38. The lowest BCUT2D eigenvalue weighted by atomic mass is 10.1. The summed E-state index contributed by atoms with van der Waals surface area (Å²) >= 11 is 3.23. The van der Waals surface area contributed by atoms with Crippen molar-refractivity contribution in [3.05, 3.63) is 28.2 Å². The number of nitrogen functional groups attached to an aromatic ring is 1. The summed E-state index contributed by atoms with van der Waals surface area (Å²) < 4.78 is 0.804. The van der Waals surface area contributed by atoms with E-state index in [-0.39, 0.29) is 18.8 Å². The standard InChI is InChI=1S/C8H8BrNO2.ClH/c9-6-1-5(3-8(11)12)2-7(10)4-6;/h1-2,4H,3,10H2,(H,11,12);1H. The van der Waals surface area contributed by atoms with Crippen LogP contribution in [-0.2, 0) is 11.2 Å². The molecule has 0 atom stereocenters. The molecule has 13 heavy (non-hydrogen) atoms. The van der Waals surface area contributed by atoms with Crippen molar-refractivity contribution >= 4 is 40.0 Å². The number of nitrogens with two attached hydrogens (primary N) is 1. The highest BCUT2D eigenvalue weighted by atomic mass is 79.9. The first-order valence-corrected chi connectivity index (χ1v) is 4.14. The Labute approximate surface area is 90.5 Å². The number of anilines is 1. The van der Waals surface area contributed by atoms with Gasteiger partial charge in [0.15, 0.2) is 0 Å². The smallest absolute Gasteiger partial charge is 0.307 e. The second-order valence-electron chi connectivity index (χ2n) is 2.46. The maximum absolute atomic E-state index is 10.3. The Morgan fingerprint density at radius 1 is 1.46 bits per heavy atom. The topological polar surface area (TPSA) is 63.3 Å². The van der Waals surface area contributed by atoms with Gasteiger partial charge in [-0.05, 0) is 23.8 Å². The van der Waals surface area contributed by atoms with Gasteiger partial charge in [-0.25, -0.2) is 0 Å². The molecule has 0 radical (unpaired) electrons. The summed E-state index contributed by atoms with van der Waals surface area (Å²) in [5.41, 5.74) is 6.79. The van der Waals surface area contributed by atoms with Gasteiger partial charge < -0.3 is 10.8 Å². The lowest BCUT2D eigenvalue weighted by molar-refractivity contribution is -0.136. The highest BCUT2D eigenvalue weighted by Gasteiger charge is 2.01. The van der Waals surface area contributed by atoms with Crippen molar-refractivity contribution in [2.24, 2.45) is 0 Å². The van der Waals surface area contributed by atoms with Crippen LogP contribution in [0.4, 0.5) is 5.69 Å². The number of carboxylic acids is 1. The summed E-state index contributed by atoms with van der Waals surface area (Å²) in [6.07, 6.45) is 0.00361. The molecule has 0 spiro atoms. The Balaban J connectivity index is 0.00000144. The van der Waals surface area contributed by atoms with Crippen LogP contribution in [0.25, 0.3) is 0 Å². The van der Waals surface area contributed by atoms with Gasteiger partial charge in [0.25, 0.3) is 0 Å². The van der Waals surface area contributed by atoms with Gasteiger partial charge in [-0.2, -0.15) is 0 Å². The van der Waals surface area contributed by atoms with Crippen LogP contribution in [0.5, 0.6) is 0 Å². The Kier molecular flexibility index (Phi) is 4.80. The van der Waals surface area contributed by atoms with Crippen molar-refractivity contribution in [2.75, 3.05) is 5.73 Å². The largest absolute Gasteiger partial charge is 0.481 e. The maximum atomic E-state index is 10.3. The van der Waals surface area contributed by atoms with E-state index < -0.39 is 5.97 Å². The lowest BCUT2D eigenvalue weighted by Gasteiger charge is -2.00. The first kappa shape index (κ1) is 12.3. The van der Waals surface area contributed by atoms with E-state index in [1.807, 2.05) is 0 Å². The van der Waals surface area contributed by atoms with Crippen LogP contribution in [0.2, 0.25) is 0 Å². The molecule has 0 bridgehead atoms. The zero-order chi connectivity index (χ0) is 9.14. The van der Waals surface area contributed by atoms with E-state index in [9.17, 15) is 4.79 Å². The predicted molar refractivity (Wildman–Crippen MR) is 57.1 cm³/mol.